The Kier molecular flexibility index (Phi) is 7.63. The lowest BCUT2D eigenvalue weighted by Crippen LogP contribution is -2.41. The summed E-state index contributed by atoms with van der Waals surface area (Å²) in [6.07, 6.45) is 0.205. The highest BCUT2D eigenvalue weighted by Crippen LogP contribution is 2.40. The molecule has 1 amide bonds. The van der Waals surface area contributed by atoms with Gasteiger partial charge in [0, 0.05) is 12.1 Å². The van der Waals surface area contributed by atoms with Crippen molar-refractivity contribution in [1.29, 1.82) is 5.26 Å². The summed E-state index contributed by atoms with van der Waals surface area (Å²) in [5.41, 5.74) is 3.94. The average molecular weight is 471 g/mol. The molecular formula is C28H26N2O5. The van der Waals surface area contributed by atoms with Crippen LogP contribution in [0.1, 0.15) is 40.8 Å². The van der Waals surface area contributed by atoms with Crippen molar-refractivity contribution in [1.82, 2.24) is 4.90 Å². The van der Waals surface area contributed by atoms with Crippen molar-refractivity contribution in [2.45, 2.75) is 26.0 Å². The van der Waals surface area contributed by atoms with E-state index in [1.165, 1.54) is 0 Å². The predicted octanol–water partition coefficient (Wildman–Crippen LogP) is 4.78. The standard InChI is InChI=1S/C28H26N2O5/c1-2-33-26(31)19-34-25-13-12-21(17-29)16-24(25)27-23-11-7-6-10-22(23)14-15-30(27)28(32)35-18-20-8-4-3-5-9-20/h3-13,16,27H,2,14-15,18-19H2,1H3. The Morgan fingerprint density at radius 3 is 2.54 bits per heavy atom. The van der Waals surface area contributed by atoms with Gasteiger partial charge in [-0.25, -0.2) is 9.59 Å². The fraction of sp³-hybridized carbons (Fsp3) is 0.250. The molecule has 0 N–H and O–H groups in total. The fourth-order valence-electron chi connectivity index (χ4n) is 4.20. The highest BCUT2D eigenvalue weighted by atomic mass is 16.6. The lowest BCUT2D eigenvalue weighted by Gasteiger charge is -2.37. The molecule has 7 heteroatoms. The molecule has 1 heterocycles. The van der Waals surface area contributed by atoms with Crippen LogP contribution in [0.2, 0.25) is 0 Å². The molecule has 3 aromatic carbocycles. The number of fused-ring (bicyclic) bond motifs is 1. The zero-order valence-electron chi connectivity index (χ0n) is 19.5. The maximum absolute atomic E-state index is 13.3. The summed E-state index contributed by atoms with van der Waals surface area (Å²) in [6, 6.07) is 23.9. The molecule has 1 unspecified atom stereocenters. The number of nitrogens with zero attached hydrogens (tertiary/aromatic N) is 2. The first-order valence-electron chi connectivity index (χ1n) is 11.5. The molecule has 7 nitrogen and oxygen atoms in total. The molecule has 0 bridgehead atoms. The summed E-state index contributed by atoms with van der Waals surface area (Å²) in [5, 5.41) is 9.55. The van der Waals surface area contributed by atoms with Crippen LogP contribution in [0.5, 0.6) is 5.75 Å². The van der Waals surface area contributed by atoms with Gasteiger partial charge in [-0.2, -0.15) is 5.26 Å². The third kappa shape index (κ3) is 5.61. The second kappa shape index (κ2) is 11.2. The molecule has 0 radical (unpaired) electrons. The minimum atomic E-state index is -0.547. The summed E-state index contributed by atoms with van der Waals surface area (Å²) in [4.78, 5) is 26.9. The van der Waals surface area contributed by atoms with E-state index in [9.17, 15) is 14.9 Å². The lowest BCUT2D eigenvalue weighted by atomic mass is 9.87. The Morgan fingerprint density at radius 2 is 1.77 bits per heavy atom. The first kappa shape index (κ1) is 23.8. The van der Waals surface area contributed by atoms with Crippen LogP contribution >= 0.6 is 0 Å². The van der Waals surface area contributed by atoms with Gasteiger partial charge in [-0.05, 0) is 48.2 Å². The maximum Gasteiger partial charge on any atom is 0.410 e. The van der Waals surface area contributed by atoms with Crippen LogP contribution in [0.15, 0.2) is 72.8 Å². The summed E-state index contributed by atoms with van der Waals surface area (Å²) in [5.74, 6) is -0.0920. The minimum Gasteiger partial charge on any atom is -0.482 e. The van der Waals surface area contributed by atoms with Gasteiger partial charge in [0.25, 0.3) is 0 Å². The van der Waals surface area contributed by atoms with E-state index < -0.39 is 18.1 Å². The number of carbonyl (C=O) groups excluding carboxylic acids is 2. The number of hydrogen-bond donors (Lipinski definition) is 0. The van der Waals surface area contributed by atoms with Gasteiger partial charge in [-0.1, -0.05) is 54.6 Å². The van der Waals surface area contributed by atoms with Gasteiger partial charge < -0.3 is 14.2 Å². The molecule has 35 heavy (non-hydrogen) atoms. The molecule has 0 aliphatic carbocycles. The van der Waals surface area contributed by atoms with E-state index in [0.717, 1.165) is 16.7 Å². The topological polar surface area (TPSA) is 88.9 Å². The molecule has 0 saturated carbocycles. The highest BCUT2D eigenvalue weighted by molar-refractivity contribution is 5.72. The number of ether oxygens (including phenoxy) is 3. The van der Waals surface area contributed by atoms with Gasteiger partial charge in [0.2, 0.25) is 0 Å². The zero-order chi connectivity index (χ0) is 24.6. The van der Waals surface area contributed by atoms with Crippen molar-refractivity contribution in [3.8, 4) is 11.8 Å². The normalized spacial score (nSPS) is 14.4. The number of nitriles is 1. The minimum absolute atomic E-state index is 0.148. The molecule has 1 atom stereocenters. The number of carbonyl (C=O) groups is 2. The number of rotatable bonds is 7. The van der Waals surface area contributed by atoms with Crippen LogP contribution in [0.4, 0.5) is 4.79 Å². The molecular weight excluding hydrogens is 444 g/mol. The monoisotopic (exact) mass is 470 g/mol. The largest absolute Gasteiger partial charge is 0.482 e. The maximum atomic E-state index is 13.3. The Balaban J connectivity index is 1.69. The van der Waals surface area contributed by atoms with Crippen molar-refractivity contribution in [3.63, 3.8) is 0 Å². The van der Waals surface area contributed by atoms with Crippen molar-refractivity contribution in [2.75, 3.05) is 19.8 Å². The van der Waals surface area contributed by atoms with Gasteiger partial charge in [0.15, 0.2) is 6.61 Å². The summed E-state index contributed by atoms with van der Waals surface area (Å²) in [6.45, 7) is 2.28. The SMILES string of the molecule is CCOC(=O)COc1ccc(C#N)cc1C1c2ccccc2CCN1C(=O)OCc1ccccc1. The van der Waals surface area contributed by atoms with E-state index in [2.05, 4.69) is 6.07 Å². The second-order valence-corrected chi connectivity index (χ2v) is 8.04. The summed E-state index contributed by atoms with van der Waals surface area (Å²) < 4.78 is 16.5. The smallest absolute Gasteiger partial charge is 0.410 e. The van der Waals surface area contributed by atoms with Crippen LogP contribution in [0.3, 0.4) is 0 Å². The van der Waals surface area contributed by atoms with E-state index in [4.69, 9.17) is 14.2 Å². The highest BCUT2D eigenvalue weighted by Gasteiger charge is 2.35. The molecule has 0 aromatic heterocycles. The Morgan fingerprint density at radius 1 is 1.00 bits per heavy atom. The van der Waals surface area contributed by atoms with Gasteiger partial charge in [-0.15, -0.1) is 0 Å². The van der Waals surface area contributed by atoms with Crippen LogP contribution in [-0.4, -0.2) is 36.7 Å². The van der Waals surface area contributed by atoms with E-state index >= 15 is 0 Å². The Hall–Kier alpha value is -4.31. The predicted molar refractivity (Wildman–Crippen MR) is 129 cm³/mol. The molecule has 0 saturated heterocycles. The number of hydrogen-bond acceptors (Lipinski definition) is 6. The van der Waals surface area contributed by atoms with E-state index in [1.807, 2.05) is 54.6 Å². The molecule has 0 spiro atoms. The van der Waals surface area contributed by atoms with Crippen molar-refractivity contribution >= 4 is 12.1 Å². The Labute approximate surface area is 204 Å². The molecule has 4 rings (SSSR count). The molecule has 1 aliphatic heterocycles. The van der Waals surface area contributed by atoms with Gasteiger partial charge in [0.1, 0.15) is 12.4 Å². The van der Waals surface area contributed by atoms with E-state index in [0.29, 0.717) is 29.8 Å². The summed E-state index contributed by atoms with van der Waals surface area (Å²) in [7, 11) is 0. The molecule has 3 aromatic rings. The van der Waals surface area contributed by atoms with Gasteiger partial charge in [0.05, 0.1) is 24.3 Å². The quantitative estimate of drug-likeness (QED) is 0.462. The van der Waals surface area contributed by atoms with Crippen molar-refractivity contribution in [2.24, 2.45) is 0 Å². The lowest BCUT2D eigenvalue weighted by molar-refractivity contribution is -0.145. The second-order valence-electron chi connectivity index (χ2n) is 8.04. The average Bonchev–Trinajstić information content (AvgIpc) is 2.90. The van der Waals surface area contributed by atoms with Crippen LogP contribution in [0.25, 0.3) is 0 Å². The molecule has 1 aliphatic rings. The van der Waals surface area contributed by atoms with E-state index in [1.54, 1.807) is 30.0 Å². The van der Waals surface area contributed by atoms with Crippen LogP contribution < -0.4 is 4.74 Å². The van der Waals surface area contributed by atoms with E-state index in [-0.39, 0.29) is 19.8 Å². The summed E-state index contributed by atoms with van der Waals surface area (Å²) >= 11 is 0. The molecule has 178 valence electrons. The van der Waals surface area contributed by atoms with Gasteiger partial charge in [-0.3, -0.25) is 4.90 Å². The van der Waals surface area contributed by atoms with Crippen LogP contribution in [0, 0.1) is 11.3 Å². The van der Waals surface area contributed by atoms with Crippen molar-refractivity contribution < 1.29 is 23.8 Å². The number of esters is 1. The van der Waals surface area contributed by atoms with Crippen molar-refractivity contribution in [3.05, 3.63) is 101 Å². The first-order chi connectivity index (χ1) is 17.1. The van der Waals surface area contributed by atoms with Crippen LogP contribution in [-0.2, 0) is 27.3 Å². The van der Waals surface area contributed by atoms with Gasteiger partial charge >= 0.3 is 12.1 Å². The third-order valence-corrected chi connectivity index (χ3v) is 5.81. The first-order valence-corrected chi connectivity index (χ1v) is 11.5. The Bertz CT molecular complexity index is 1240. The molecule has 0 fully saturated rings. The number of benzene rings is 3. The third-order valence-electron chi connectivity index (χ3n) is 5.81. The number of amides is 1. The zero-order valence-corrected chi connectivity index (χ0v) is 19.5. The fourth-order valence-corrected chi connectivity index (χ4v) is 4.20.